The Morgan fingerprint density at radius 1 is 1.12 bits per heavy atom. The smallest absolute Gasteiger partial charge is 0.0700 e. The van der Waals surface area contributed by atoms with E-state index in [1.54, 1.807) is 24.8 Å². The van der Waals surface area contributed by atoms with Crippen molar-refractivity contribution in [2.24, 2.45) is 0 Å². The van der Waals surface area contributed by atoms with Crippen LogP contribution in [0.25, 0.3) is 10.8 Å². The SMILES string of the molecule is C[C@@H](O)/C=C/Sc1ccc2ccccc2c1. The van der Waals surface area contributed by atoms with Gasteiger partial charge in [-0.15, -0.1) is 0 Å². The first kappa shape index (κ1) is 11.2. The van der Waals surface area contributed by atoms with Crippen molar-refractivity contribution in [3.05, 3.63) is 53.9 Å². The van der Waals surface area contributed by atoms with Gasteiger partial charge in [0.15, 0.2) is 0 Å². The Labute approximate surface area is 99.8 Å². The van der Waals surface area contributed by atoms with Crippen LogP contribution in [0.15, 0.2) is 58.8 Å². The van der Waals surface area contributed by atoms with Gasteiger partial charge in [0.2, 0.25) is 0 Å². The maximum absolute atomic E-state index is 9.10. The van der Waals surface area contributed by atoms with Crippen LogP contribution in [0.1, 0.15) is 6.92 Å². The Morgan fingerprint density at radius 2 is 1.88 bits per heavy atom. The Morgan fingerprint density at radius 3 is 2.62 bits per heavy atom. The van der Waals surface area contributed by atoms with Gasteiger partial charge in [0.25, 0.3) is 0 Å². The van der Waals surface area contributed by atoms with E-state index in [0.717, 1.165) is 0 Å². The van der Waals surface area contributed by atoms with E-state index in [2.05, 4.69) is 30.3 Å². The fourth-order valence-electron chi connectivity index (χ4n) is 1.47. The van der Waals surface area contributed by atoms with Gasteiger partial charge in [-0.25, -0.2) is 0 Å². The van der Waals surface area contributed by atoms with Crippen LogP contribution in [0.2, 0.25) is 0 Å². The summed E-state index contributed by atoms with van der Waals surface area (Å²) in [7, 11) is 0. The van der Waals surface area contributed by atoms with Crippen LogP contribution in [0.4, 0.5) is 0 Å². The zero-order chi connectivity index (χ0) is 11.4. The summed E-state index contributed by atoms with van der Waals surface area (Å²) in [4.78, 5) is 1.19. The highest BCUT2D eigenvalue weighted by atomic mass is 32.2. The summed E-state index contributed by atoms with van der Waals surface area (Å²) >= 11 is 1.62. The molecule has 0 spiro atoms. The van der Waals surface area contributed by atoms with Gasteiger partial charge in [-0.2, -0.15) is 0 Å². The van der Waals surface area contributed by atoms with Gasteiger partial charge in [-0.3, -0.25) is 0 Å². The minimum Gasteiger partial charge on any atom is -0.389 e. The molecule has 2 rings (SSSR count). The van der Waals surface area contributed by atoms with Crippen molar-refractivity contribution in [2.45, 2.75) is 17.9 Å². The van der Waals surface area contributed by atoms with E-state index >= 15 is 0 Å². The minimum atomic E-state index is -0.382. The molecule has 0 amide bonds. The zero-order valence-corrected chi connectivity index (χ0v) is 9.95. The summed E-state index contributed by atoms with van der Waals surface area (Å²) in [5, 5.41) is 13.5. The Bertz CT molecular complexity index is 503. The molecule has 2 aromatic rings. The molecule has 0 aliphatic rings. The minimum absolute atomic E-state index is 0.382. The molecule has 0 bridgehead atoms. The molecule has 0 aromatic heterocycles. The van der Waals surface area contributed by atoms with Gasteiger partial charge in [-0.05, 0) is 41.3 Å². The Balaban J connectivity index is 2.20. The predicted molar refractivity (Wildman–Crippen MR) is 70.6 cm³/mol. The van der Waals surface area contributed by atoms with Crippen LogP contribution in [0.5, 0.6) is 0 Å². The number of thioether (sulfide) groups is 1. The van der Waals surface area contributed by atoms with Gasteiger partial charge < -0.3 is 5.11 Å². The van der Waals surface area contributed by atoms with E-state index in [1.165, 1.54) is 15.7 Å². The number of rotatable bonds is 3. The number of aliphatic hydroxyl groups is 1. The molecule has 1 nitrogen and oxygen atoms in total. The van der Waals surface area contributed by atoms with Crippen molar-refractivity contribution in [2.75, 3.05) is 0 Å². The molecule has 82 valence electrons. The second-order valence-corrected chi connectivity index (χ2v) is 4.68. The van der Waals surface area contributed by atoms with Crippen molar-refractivity contribution in [1.82, 2.24) is 0 Å². The van der Waals surface area contributed by atoms with Crippen LogP contribution in [0, 0.1) is 0 Å². The van der Waals surface area contributed by atoms with Crippen molar-refractivity contribution in [3.63, 3.8) is 0 Å². The van der Waals surface area contributed by atoms with Crippen molar-refractivity contribution < 1.29 is 5.11 Å². The molecule has 0 radical (unpaired) electrons. The van der Waals surface area contributed by atoms with Crippen molar-refractivity contribution in [3.8, 4) is 0 Å². The summed E-state index contributed by atoms with van der Waals surface area (Å²) in [6.45, 7) is 1.75. The van der Waals surface area contributed by atoms with E-state index in [1.807, 2.05) is 17.5 Å². The normalized spacial score (nSPS) is 13.4. The third-order valence-electron chi connectivity index (χ3n) is 2.28. The molecule has 0 heterocycles. The lowest BCUT2D eigenvalue weighted by atomic mass is 10.1. The highest BCUT2D eigenvalue weighted by Gasteiger charge is 1.95. The van der Waals surface area contributed by atoms with Gasteiger partial charge in [0, 0.05) is 4.90 Å². The summed E-state index contributed by atoms with van der Waals surface area (Å²) < 4.78 is 0. The molecule has 1 atom stereocenters. The van der Waals surface area contributed by atoms with Crippen LogP contribution in [-0.2, 0) is 0 Å². The first-order valence-electron chi connectivity index (χ1n) is 5.26. The Hall–Kier alpha value is -1.25. The highest BCUT2D eigenvalue weighted by molar-refractivity contribution is 8.02. The van der Waals surface area contributed by atoms with Gasteiger partial charge in [0.05, 0.1) is 6.10 Å². The number of hydrogen-bond donors (Lipinski definition) is 1. The molecule has 0 unspecified atom stereocenters. The quantitative estimate of drug-likeness (QED) is 0.809. The number of benzene rings is 2. The average molecular weight is 230 g/mol. The van der Waals surface area contributed by atoms with E-state index in [-0.39, 0.29) is 6.10 Å². The monoisotopic (exact) mass is 230 g/mol. The van der Waals surface area contributed by atoms with Gasteiger partial charge >= 0.3 is 0 Å². The van der Waals surface area contributed by atoms with Gasteiger partial charge in [0.1, 0.15) is 0 Å². The highest BCUT2D eigenvalue weighted by Crippen LogP contribution is 2.24. The second-order valence-electron chi connectivity index (χ2n) is 3.70. The average Bonchev–Trinajstić information content (AvgIpc) is 2.28. The first-order chi connectivity index (χ1) is 7.75. The molecule has 0 saturated carbocycles. The topological polar surface area (TPSA) is 20.2 Å². The number of fused-ring (bicyclic) bond motifs is 1. The lowest BCUT2D eigenvalue weighted by Gasteiger charge is -2.00. The standard InChI is InChI=1S/C14H14OS/c1-11(15)8-9-16-14-7-6-12-4-2-3-5-13(12)10-14/h2-11,15H,1H3/b9-8+/t11-/m1/s1. The fraction of sp³-hybridized carbons (Fsp3) is 0.143. The maximum atomic E-state index is 9.10. The molecule has 16 heavy (non-hydrogen) atoms. The molecule has 0 aliphatic heterocycles. The lowest BCUT2D eigenvalue weighted by molar-refractivity contribution is 0.244. The molecule has 0 saturated heterocycles. The van der Waals surface area contributed by atoms with E-state index in [0.29, 0.717) is 0 Å². The van der Waals surface area contributed by atoms with Crippen LogP contribution < -0.4 is 0 Å². The van der Waals surface area contributed by atoms with Crippen LogP contribution >= 0.6 is 11.8 Å². The van der Waals surface area contributed by atoms with Crippen LogP contribution in [0.3, 0.4) is 0 Å². The molecule has 0 fully saturated rings. The summed E-state index contributed by atoms with van der Waals surface area (Å²) in [6.07, 6.45) is 1.40. The number of aliphatic hydroxyl groups excluding tert-OH is 1. The fourth-order valence-corrected chi connectivity index (χ4v) is 2.28. The van der Waals surface area contributed by atoms with E-state index in [4.69, 9.17) is 5.11 Å². The predicted octanol–water partition coefficient (Wildman–Crippen LogP) is 3.83. The molecule has 1 N–H and O–H groups in total. The summed E-state index contributed by atoms with van der Waals surface area (Å²) in [5.74, 6) is 0. The van der Waals surface area contributed by atoms with Gasteiger partial charge in [-0.1, -0.05) is 42.1 Å². The summed E-state index contributed by atoms with van der Waals surface area (Å²) in [5.41, 5.74) is 0. The second kappa shape index (κ2) is 5.19. The van der Waals surface area contributed by atoms with E-state index < -0.39 is 0 Å². The molecular formula is C14H14OS. The molecule has 2 heteroatoms. The molecule has 0 aliphatic carbocycles. The van der Waals surface area contributed by atoms with E-state index in [9.17, 15) is 0 Å². The number of hydrogen-bond acceptors (Lipinski definition) is 2. The molecular weight excluding hydrogens is 216 g/mol. The first-order valence-corrected chi connectivity index (χ1v) is 6.14. The third kappa shape index (κ3) is 2.87. The largest absolute Gasteiger partial charge is 0.389 e. The lowest BCUT2D eigenvalue weighted by Crippen LogP contribution is -1.90. The molecule has 2 aromatic carbocycles. The van der Waals surface area contributed by atoms with Crippen molar-refractivity contribution in [1.29, 1.82) is 0 Å². The zero-order valence-electron chi connectivity index (χ0n) is 9.13. The maximum Gasteiger partial charge on any atom is 0.0700 e. The van der Waals surface area contributed by atoms with Crippen LogP contribution in [-0.4, -0.2) is 11.2 Å². The summed E-state index contributed by atoms with van der Waals surface area (Å²) in [6, 6.07) is 14.7. The van der Waals surface area contributed by atoms with Crippen molar-refractivity contribution >= 4 is 22.5 Å². The third-order valence-corrected chi connectivity index (χ3v) is 3.10. The Kier molecular flexibility index (Phi) is 3.65.